The second-order valence-corrected chi connectivity index (χ2v) is 7.32. The van der Waals surface area contributed by atoms with Gasteiger partial charge in [-0.3, -0.25) is 4.79 Å². The van der Waals surface area contributed by atoms with Crippen molar-refractivity contribution in [2.24, 2.45) is 0 Å². The Bertz CT molecular complexity index is 691. The lowest BCUT2D eigenvalue weighted by Crippen LogP contribution is -2.39. The third kappa shape index (κ3) is 3.57. The van der Waals surface area contributed by atoms with Crippen molar-refractivity contribution in [2.75, 3.05) is 13.1 Å². The van der Waals surface area contributed by atoms with E-state index in [4.69, 9.17) is 0 Å². The van der Waals surface area contributed by atoms with Crippen LogP contribution >= 0.6 is 0 Å². The van der Waals surface area contributed by atoms with Crippen molar-refractivity contribution in [1.82, 2.24) is 25.5 Å². The first-order valence-corrected chi connectivity index (χ1v) is 9.44. The summed E-state index contributed by atoms with van der Waals surface area (Å²) in [6, 6.07) is 8.32. The van der Waals surface area contributed by atoms with Gasteiger partial charge in [-0.1, -0.05) is 36.6 Å². The Morgan fingerprint density at radius 1 is 1.00 bits per heavy atom. The third-order valence-corrected chi connectivity index (χ3v) is 5.67. The molecular weight excluding hydrogens is 314 g/mol. The number of carbonyl (C=O) groups excluding carboxylic acids is 1. The Kier molecular flexibility index (Phi) is 4.76. The lowest BCUT2D eigenvalue weighted by Gasteiger charge is -2.31. The van der Waals surface area contributed by atoms with Crippen LogP contribution in [0.4, 0.5) is 0 Å². The molecule has 6 nitrogen and oxygen atoms in total. The number of benzene rings is 1. The van der Waals surface area contributed by atoms with Gasteiger partial charge in [0, 0.05) is 24.6 Å². The van der Waals surface area contributed by atoms with Crippen molar-refractivity contribution in [2.45, 2.75) is 56.8 Å². The molecule has 1 aliphatic heterocycles. The van der Waals surface area contributed by atoms with Crippen LogP contribution < -0.4 is 0 Å². The molecule has 2 aromatic rings. The fourth-order valence-electron chi connectivity index (χ4n) is 4.23. The molecule has 1 aromatic heterocycles. The zero-order valence-corrected chi connectivity index (χ0v) is 14.5. The first kappa shape index (κ1) is 16.2. The van der Waals surface area contributed by atoms with Crippen LogP contribution in [0.25, 0.3) is 0 Å². The second-order valence-electron chi connectivity index (χ2n) is 7.32. The Balaban J connectivity index is 1.43. The Hall–Kier alpha value is -2.24. The molecule has 0 spiro atoms. The normalized spacial score (nSPS) is 22.1. The van der Waals surface area contributed by atoms with Gasteiger partial charge < -0.3 is 4.90 Å². The fourth-order valence-corrected chi connectivity index (χ4v) is 4.23. The maximum atomic E-state index is 12.9. The van der Waals surface area contributed by atoms with Crippen molar-refractivity contribution in [3.63, 3.8) is 0 Å². The number of H-pyrrole nitrogens is 1. The molecule has 2 fully saturated rings. The predicted molar refractivity (Wildman–Crippen MR) is 94.3 cm³/mol. The van der Waals surface area contributed by atoms with E-state index in [-0.39, 0.29) is 11.8 Å². The molecule has 132 valence electrons. The number of aromatic nitrogens is 4. The van der Waals surface area contributed by atoms with E-state index in [9.17, 15) is 4.79 Å². The standard InChI is InChI=1S/C19H25N5O/c25-19(24-12-4-7-17(13-24)18-20-22-23-21-18)16-10-8-15(9-11-16)14-5-2-1-3-6-14/h8-11,14,17H,1-7,12-13H2,(H,20,21,22,23). The SMILES string of the molecule is O=C(c1ccc(C2CCCCC2)cc1)N1CCCC(c2nn[nH]n2)C1. The molecule has 1 unspecified atom stereocenters. The van der Waals surface area contributed by atoms with Crippen molar-refractivity contribution >= 4 is 5.91 Å². The highest BCUT2D eigenvalue weighted by Crippen LogP contribution is 2.33. The summed E-state index contributed by atoms with van der Waals surface area (Å²) < 4.78 is 0. The van der Waals surface area contributed by atoms with Crippen LogP contribution in [0.1, 0.15) is 78.5 Å². The number of rotatable bonds is 3. The molecule has 25 heavy (non-hydrogen) atoms. The zero-order chi connectivity index (χ0) is 17.1. The number of tetrazole rings is 1. The number of nitrogens with zero attached hydrogens (tertiary/aromatic N) is 4. The van der Waals surface area contributed by atoms with Crippen LogP contribution in [0.3, 0.4) is 0 Å². The quantitative estimate of drug-likeness (QED) is 0.931. The highest BCUT2D eigenvalue weighted by atomic mass is 16.2. The van der Waals surface area contributed by atoms with Gasteiger partial charge in [0.05, 0.1) is 0 Å². The van der Waals surface area contributed by atoms with Crippen molar-refractivity contribution in [3.05, 3.63) is 41.2 Å². The van der Waals surface area contributed by atoms with E-state index < -0.39 is 0 Å². The summed E-state index contributed by atoms with van der Waals surface area (Å²) >= 11 is 0. The Labute approximate surface area is 148 Å². The Morgan fingerprint density at radius 3 is 2.48 bits per heavy atom. The van der Waals surface area contributed by atoms with E-state index >= 15 is 0 Å². The van der Waals surface area contributed by atoms with Crippen LogP contribution in [0, 0.1) is 0 Å². The second kappa shape index (κ2) is 7.33. The summed E-state index contributed by atoms with van der Waals surface area (Å²) in [5.41, 5.74) is 2.17. The van der Waals surface area contributed by atoms with Gasteiger partial charge in [-0.05, 0) is 49.3 Å². The molecule has 1 amide bonds. The zero-order valence-electron chi connectivity index (χ0n) is 14.5. The minimum atomic E-state index is 0.114. The van der Waals surface area contributed by atoms with E-state index in [0.717, 1.165) is 24.9 Å². The van der Waals surface area contributed by atoms with Gasteiger partial charge in [0.15, 0.2) is 5.82 Å². The van der Waals surface area contributed by atoms with Gasteiger partial charge in [0.25, 0.3) is 5.91 Å². The molecule has 1 N–H and O–H groups in total. The highest BCUT2D eigenvalue weighted by molar-refractivity contribution is 5.94. The van der Waals surface area contributed by atoms with Gasteiger partial charge in [0.2, 0.25) is 0 Å². The van der Waals surface area contributed by atoms with Gasteiger partial charge in [-0.25, -0.2) is 0 Å². The molecule has 1 saturated heterocycles. The summed E-state index contributed by atoms with van der Waals surface area (Å²) in [6.45, 7) is 1.47. The fraction of sp³-hybridized carbons (Fsp3) is 0.579. The number of aromatic amines is 1. The molecule has 1 saturated carbocycles. The van der Waals surface area contributed by atoms with E-state index in [1.54, 1.807) is 0 Å². The van der Waals surface area contributed by atoms with Gasteiger partial charge in [-0.2, -0.15) is 5.21 Å². The van der Waals surface area contributed by atoms with Crippen LogP contribution in [-0.2, 0) is 0 Å². The van der Waals surface area contributed by atoms with Gasteiger partial charge >= 0.3 is 0 Å². The molecule has 1 aliphatic carbocycles. The number of hydrogen-bond donors (Lipinski definition) is 1. The topological polar surface area (TPSA) is 74.8 Å². The summed E-state index contributed by atoms with van der Waals surface area (Å²) in [4.78, 5) is 14.8. The average Bonchev–Trinajstić information content (AvgIpc) is 3.23. The number of hydrogen-bond acceptors (Lipinski definition) is 4. The summed E-state index contributed by atoms with van der Waals surface area (Å²) in [5.74, 6) is 1.68. The monoisotopic (exact) mass is 339 g/mol. The van der Waals surface area contributed by atoms with E-state index in [0.29, 0.717) is 18.3 Å². The van der Waals surface area contributed by atoms with Gasteiger partial charge in [-0.15, -0.1) is 10.2 Å². The lowest BCUT2D eigenvalue weighted by atomic mass is 9.84. The number of nitrogens with one attached hydrogen (secondary N) is 1. The van der Waals surface area contributed by atoms with Crippen LogP contribution in [0.2, 0.25) is 0 Å². The van der Waals surface area contributed by atoms with Crippen molar-refractivity contribution in [3.8, 4) is 0 Å². The molecule has 1 aromatic carbocycles. The van der Waals surface area contributed by atoms with Crippen molar-refractivity contribution in [1.29, 1.82) is 0 Å². The van der Waals surface area contributed by atoms with Crippen molar-refractivity contribution < 1.29 is 4.79 Å². The lowest BCUT2D eigenvalue weighted by molar-refractivity contribution is 0.0704. The maximum Gasteiger partial charge on any atom is 0.253 e. The van der Waals surface area contributed by atoms with Crippen LogP contribution in [0.15, 0.2) is 24.3 Å². The highest BCUT2D eigenvalue weighted by Gasteiger charge is 2.28. The summed E-state index contributed by atoms with van der Waals surface area (Å²) in [7, 11) is 0. The largest absolute Gasteiger partial charge is 0.338 e. The molecule has 1 atom stereocenters. The number of piperidine rings is 1. The molecule has 2 aliphatic rings. The van der Waals surface area contributed by atoms with Crippen LogP contribution in [0.5, 0.6) is 0 Å². The predicted octanol–water partition coefficient (Wildman–Crippen LogP) is 3.27. The van der Waals surface area contributed by atoms with Gasteiger partial charge in [0.1, 0.15) is 0 Å². The molecular formula is C19H25N5O. The maximum absolute atomic E-state index is 12.9. The first-order valence-electron chi connectivity index (χ1n) is 9.44. The minimum absolute atomic E-state index is 0.114. The molecule has 0 radical (unpaired) electrons. The van der Waals surface area contributed by atoms with Crippen LogP contribution in [-0.4, -0.2) is 44.5 Å². The molecule has 6 heteroatoms. The molecule has 2 heterocycles. The number of amides is 1. The molecule has 0 bridgehead atoms. The number of likely N-dealkylation sites (tertiary alicyclic amines) is 1. The average molecular weight is 339 g/mol. The molecule has 4 rings (SSSR count). The summed E-state index contributed by atoms with van der Waals surface area (Å²) in [5, 5.41) is 14.3. The smallest absolute Gasteiger partial charge is 0.253 e. The first-order chi connectivity index (χ1) is 12.3. The Morgan fingerprint density at radius 2 is 1.76 bits per heavy atom. The van der Waals surface area contributed by atoms with E-state index in [1.807, 2.05) is 17.0 Å². The van der Waals surface area contributed by atoms with E-state index in [1.165, 1.54) is 37.7 Å². The third-order valence-electron chi connectivity index (χ3n) is 5.67. The minimum Gasteiger partial charge on any atom is -0.338 e. The van der Waals surface area contributed by atoms with E-state index in [2.05, 4.69) is 32.8 Å². The number of carbonyl (C=O) groups is 1. The summed E-state index contributed by atoms with van der Waals surface area (Å²) in [6.07, 6.45) is 8.57.